The Labute approximate surface area is 187 Å². The molecule has 0 saturated heterocycles. The summed E-state index contributed by atoms with van der Waals surface area (Å²) in [5.41, 5.74) is 7.03. The van der Waals surface area contributed by atoms with Crippen molar-refractivity contribution in [2.75, 3.05) is 0 Å². The highest BCUT2D eigenvalue weighted by molar-refractivity contribution is 5.76. The van der Waals surface area contributed by atoms with Gasteiger partial charge in [0.05, 0.1) is 12.2 Å². The molecule has 0 spiro atoms. The van der Waals surface area contributed by atoms with E-state index < -0.39 is 0 Å². The molecule has 0 fully saturated rings. The lowest BCUT2D eigenvalue weighted by Crippen LogP contribution is -2.24. The minimum Gasteiger partial charge on any atom is -0.251 e. The number of aromatic nitrogens is 4. The molecule has 2 aromatic carbocycles. The molecule has 0 N–H and O–H groups in total. The van der Waals surface area contributed by atoms with E-state index in [4.69, 9.17) is 4.98 Å². The fourth-order valence-electron chi connectivity index (χ4n) is 3.96. The van der Waals surface area contributed by atoms with Crippen LogP contribution in [0.25, 0.3) is 34.8 Å². The van der Waals surface area contributed by atoms with E-state index in [1.54, 1.807) is 0 Å². The monoisotopic (exact) mass is 416 g/mol. The first kappa shape index (κ1) is 19.9. The zero-order valence-electron chi connectivity index (χ0n) is 18.2. The molecule has 0 saturated carbocycles. The first-order valence-corrected chi connectivity index (χ1v) is 10.8. The number of nitrogens with zero attached hydrogens (tertiary/aromatic N) is 4. The highest BCUT2D eigenvalue weighted by atomic mass is 15.4. The molecule has 0 aliphatic heterocycles. The van der Waals surface area contributed by atoms with Crippen molar-refractivity contribution in [3.8, 4) is 22.6 Å². The Balaban J connectivity index is 1.69. The second-order valence-corrected chi connectivity index (χ2v) is 8.04. The van der Waals surface area contributed by atoms with Crippen molar-refractivity contribution < 1.29 is 0 Å². The van der Waals surface area contributed by atoms with E-state index >= 15 is 0 Å². The van der Waals surface area contributed by atoms with E-state index in [1.165, 1.54) is 21.6 Å². The largest absolute Gasteiger partial charge is 0.251 e. The third-order valence-electron chi connectivity index (χ3n) is 5.53. The van der Waals surface area contributed by atoms with Crippen LogP contribution in [0.4, 0.5) is 0 Å². The molecule has 2 aromatic heterocycles. The molecule has 1 aliphatic carbocycles. The van der Waals surface area contributed by atoms with Gasteiger partial charge in [0.2, 0.25) is 0 Å². The lowest BCUT2D eigenvalue weighted by molar-refractivity contribution is 0.654. The molecule has 4 nitrogen and oxygen atoms in total. The number of allylic oxidation sites excluding steroid dienone is 4. The third-order valence-corrected chi connectivity index (χ3v) is 5.53. The second kappa shape index (κ2) is 8.60. The molecule has 2 heterocycles. The highest BCUT2D eigenvalue weighted by Crippen LogP contribution is 2.29. The molecule has 1 aliphatic rings. The van der Waals surface area contributed by atoms with Crippen LogP contribution in [-0.4, -0.2) is 20.0 Å². The molecule has 0 unspecified atom stereocenters. The minimum atomic E-state index is 0.635. The summed E-state index contributed by atoms with van der Waals surface area (Å²) in [5.74, 6) is 0. The number of hydrogen-bond donors (Lipinski definition) is 0. The number of pyridine rings is 1. The van der Waals surface area contributed by atoms with Gasteiger partial charge < -0.3 is 0 Å². The summed E-state index contributed by atoms with van der Waals surface area (Å²) >= 11 is 0. The fourth-order valence-corrected chi connectivity index (χ4v) is 3.96. The lowest BCUT2D eigenvalue weighted by Gasteiger charge is -2.09. The average molecular weight is 417 g/mol. The Morgan fingerprint density at radius 1 is 0.812 bits per heavy atom. The molecule has 32 heavy (non-hydrogen) atoms. The summed E-state index contributed by atoms with van der Waals surface area (Å²) in [7, 11) is 0. The van der Waals surface area contributed by atoms with Crippen molar-refractivity contribution in [3.63, 3.8) is 0 Å². The summed E-state index contributed by atoms with van der Waals surface area (Å²) in [6, 6.07) is 22.9. The van der Waals surface area contributed by atoms with Crippen LogP contribution >= 0.6 is 0 Å². The van der Waals surface area contributed by atoms with Crippen molar-refractivity contribution in [2.24, 2.45) is 0 Å². The highest BCUT2D eigenvalue weighted by Gasteiger charge is 2.18. The van der Waals surface area contributed by atoms with Gasteiger partial charge in [-0.3, -0.25) is 4.98 Å². The molecule has 0 bridgehead atoms. The van der Waals surface area contributed by atoms with Gasteiger partial charge >= 0.3 is 0 Å². The van der Waals surface area contributed by atoms with Gasteiger partial charge in [0.15, 0.2) is 0 Å². The zero-order valence-corrected chi connectivity index (χ0v) is 18.2. The van der Waals surface area contributed by atoms with Gasteiger partial charge in [-0.1, -0.05) is 89.7 Å². The smallest absolute Gasteiger partial charge is 0.122 e. The number of aryl methyl sites for hydroxylation is 1. The summed E-state index contributed by atoms with van der Waals surface area (Å²) < 4.78 is 1.95. The maximum absolute atomic E-state index is 4.80. The molecule has 4 aromatic rings. The van der Waals surface area contributed by atoms with Gasteiger partial charge in [-0.25, -0.2) is 4.68 Å². The fraction of sp³-hybridized carbons (Fsp3) is 0.107. The average Bonchev–Trinajstić information content (AvgIpc) is 3.20. The zero-order chi connectivity index (χ0) is 21.9. The van der Waals surface area contributed by atoms with Gasteiger partial charge in [-0.05, 0) is 48.0 Å². The van der Waals surface area contributed by atoms with Crippen LogP contribution in [0, 0.1) is 6.92 Å². The molecule has 5 rings (SSSR count). The normalized spacial score (nSPS) is 14.8. The minimum absolute atomic E-state index is 0.635. The molecule has 0 atom stereocenters. The topological polar surface area (TPSA) is 43.6 Å². The van der Waals surface area contributed by atoms with Crippen molar-refractivity contribution in [1.82, 2.24) is 20.0 Å². The summed E-state index contributed by atoms with van der Waals surface area (Å²) in [5, 5.41) is 11.5. The Bertz CT molecular complexity index is 1460. The molecule has 0 radical (unpaired) electrons. The second-order valence-electron chi connectivity index (χ2n) is 8.04. The van der Waals surface area contributed by atoms with E-state index in [9.17, 15) is 0 Å². The van der Waals surface area contributed by atoms with E-state index in [1.807, 2.05) is 48.0 Å². The standard InChI is InChI=1S/C28H24N4/c1-20-9-6-7-13-23-15-16-24(18-25(23)17-20)27-28(26-14-8-10-21(2)29-26)32(31-30-27)19-22-11-4-3-5-12-22/h3-18H,19H2,1-2H3/b7-6+,9-6?,13-7?,20-9?,20-17?,23-13+,25-17?. The lowest BCUT2D eigenvalue weighted by atomic mass is 10.0. The van der Waals surface area contributed by atoms with Crippen LogP contribution in [0.1, 0.15) is 18.2 Å². The summed E-state index contributed by atoms with van der Waals surface area (Å²) in [6.45, 7) is 4.76. The summed E-state index contributed by atoms with van der Waals surface area (Å²) in [6.07, 6.45) is 10.6. The molecule has 156 valence electrons. The van der Waals surface area contributed by atoms with E-state index in [2.05, 4.69) is 77.9 Å². The Hall–Kier alpha value is -4.05. The first-order chi connectivity index (χ1) is 15.7. The SMILES string of the molecule is CC1=C/C=C/C=c2\ccc(-c3nnn(Cc4ccccc4)c3-c3cccc(C)n3)cc2=C1. The first-order valence-electron chi connectivity index (χ1n) is 10.8. The van der Waals surface area contributed by atoms with Gasteiger partial charge in [-0.2, -0.15) is 0 Å². The van der Waals surface area contributed by atoms with Crippen molar-refractivity contribution in [3.05, 3.63) is 112 Å². The number of rotatable bonds is 4. The Kier molecular flexibility index (Phi) is 5.34. The van der Waals surface area contributed by atoms with Crippen LogP contribution < -0.4 is 10.4 Å². The number of hydrogen-bond acceptors (Lipinski definition) is 3. The van der Waals surface area contributed by atoms with E-state index in [0.29, 0.717) is 6.54 Å². The maximum atomic E-state index is 4.80. The van der Waals surface area contributed by atoms with Crippen molar-refractivity contribution in [1.29, 1.82) is 0 Å². The molecular formula is C28H24N4. The molecule has 4 heteroatoms. The molecule has 0 amide bonds. The predicted octanol–water partition coefficient (Wildman–Crippen LogP) is 4.44. The van der Waals surface area contributed by atoms with Gasteiger partial charge in [-0.15, -0.1) is 5.10 Å². The molecular weight excluding hydrogens is 392 g/mol. The quantitative estimate of drug-likeness (QED) is 0.494. The van der Waals surface area contributed by atoms with Crippen LogP contribution in [-0.2, 0) is 6.54 Å². The van der Waals surface area contributed by atoms with Crippen LogP contribution in [0.5, 0.6) is 0 Å². The van der Waals surface area contributed by atoms with E-state index in [0.717, 1.165) is 28.3 Å². The van der Waals surface area contributed by atoms with Gasteiger partial charge in [0.25, 0.3) is 0 Å². The van der Waals surface area contributed by atoms with Gasteiger partial charge in [0, 0.05) is 11.3 Å². The van der Waals surface area contributed by atoms with Gasteiger partial charge in [0.1, 0.15) is 11.4 Å². The van der Waals surface area contributed by atoms with Crippen molar-refractivity contribution >= 4 is 12.2 Å². The number of benzene rings is 2. The third kappa shape index (κ3) is 4.08. The van der Waals surface area contributed by atoms with Crippen LogP contribution in [0.15, 0.2) is 90.5 Å². The maximum Gasteiger partial charge on any atom is 0.122 e. The predicted molar refractivity (Wildman–Crippen MR) is 130 cm³/mol. The summed E-state index contributed by atoms with van der Waals surface area (Å²) in [4.78, 5) is 4.80. The van der Waals surface area contributed by atoms with Crippen molar-refractivity contribution in [2.45, 2.75) is 20.4 Å². The van der Waals surface area contributed by atoms with E-state index in [-0.39, 0.29) is 0 Å². The Morgan fingerprint density at radius 3 is 2.50 bits per heavy atom. The van der Waals surface area contributed by atoms with Crippen LogP contribution in [0.3, 0.4) is 0 Å². The number of fused-ring (bicyclic) bond motifs is 1. The Morgan fingerprint density at radius 2 is 1.66 bits per heavy atom. The van der Waals surface area contributed by atoms with Crippen LogP contribution in [0.2, 0.25) is 0 Å².